The van der Waals surface area contributed by atoms with E-state index in [4.69, 9.17) is 9.47 Å². The predicted molar refractivity (Wildman–Crippen MR) is 93.0 cm³/mol. The van der Waals surface area contributed by atoms with Crippen molar-refractivity contribution in [3.63, 3.8) is 0 Å². The summed E-state index contributed by atoms with van der Waals surface area (Å²) in [5.74, 6) is 1.18. The normalized spacial score (nSPS) is 24.5. The van der Waals surface area contributed by atoms with Gasteiger partial charge in [0.25, 0.3) is 0 Å². The molecule has 0 saturated carbocycles. The van der Waals surface area contributed by atoms with Crippen LogP contribution in [0.5, 0.6) is 5.75 Å². The maximum Gasteiger partial charge on any atom is 0.240 e. The maximum absolute atomic E-state index is 12.9. The van der Waals surface area contributed by atoms with Crippen molar-refractivity contribution in [2.45, 2.75) is 44.9 Å². The molecular weight excluding hydrogens is 304 g/mol. The van der Waals surface area contributed by atoms with Gasteiger partial charge >= 0.3 is 0 Å². The van der Waals surface area contributed by atoms with Gasteiger partial charge in [-0.2, -0.15) is 0 Å². The highest BCUT2D eigenvalue weighted by Crippen LogP contribution is 2.28. The van der Waals surface area contributed by atoms with Crippen LogP contribution in [0.1, 0.15) is 31.7 Å². The van der Waals surface area contributed by atoms with Crippen LogP contribution in [0.4, 0.5) is 0 Å². The van der Waals surface area contributed by atoms with Crippen LogP contribution in [0.3, 0.4) is 0 Å². The van der Waals surface area contributed by atoms with E-state index < -0.39 is 0 Å². The molecule has 0 N–H and O–H groups in total. The molecule has 2 aliphatic rings. The number of methoxy groups -OCH3 is 1. The van der Waals surface area contributed by atoms with Crippen LogP contribution in [-0.4, -0.2) is 61.2 Å². The topological polar surface area (TPSA) is 42.0 Å². The number of para-hydroxylation sites is 1. The van der Waals surface area contributed by atoms with Gasteiger partial charge in [-0.05, 0) is 32.3 Å². The summed E-state index contributed by atoms with van der Waals surface area (Å²) in [7, 11) is 1.74. The van der Waals surface area contributed by atoms with Crippen LogP contribution < -0.4 is 4.74 Å². The molecule has 1 aromatic carbocycles. The zero-order valence-electron chi connectivity index (χ0n) is 14.7. The van der Waals surface area contributed by atoms with Gasteiger partial charge in [0.05, 0.1) is 18.8 Å². The average Bonchev–Trinajstić information content (AvgIpc) is 3.26. The van der Waals surface area contributed by atoms with E-state index in [1.54, 1.807) is 7.11 Å². The highest BCUT2D eigenvalue weighted by Gasteiger charge is 2.39. The number of likely N-dealkylation sites (tertiary alicyclic amines) is 2. The van der Waals surface area contributed by atoms with E-state index in [2.05, 4.69) is 11.0 Å². The van der Waals surface area contributed by atoms with Crippen molar-refractivity contribution >= 4 is 5.91 Å². The summed E-state index contributed by atoms with van der Waals surface area (Å²) in [5, 5.41) is 0. The van der Waals surface area contributed by atoms with Crippen LogP contribution >= 0.6 is 0 Å². The molecule has 0 aliphatic carbocycles. The number of hydrogen-bond donors (Lipinski definition) is 0. The van der Waals surface area contributed by atoms with Gasteiger partial charge in [0.15, 0.2) is 0 Å². The molecule has 0 unspecified atom stereocenters. The minimum Gasteiger partial charge on any atom is -0.494 e. The first-order valence-electron chi connectivity index (χ1n) is 8.99. The Morgan fingerprint density at radius 2 is 2.00 bits per heavy atom. The molecule has 2 heterocycles. The molecule has 3 rings (SSSR count). The molecule has 0 bridgehead atoms. The van der Waals surface area contributed by atoms with Gasteiger partial charge in [-0.15, -0.1) is 0 Å². The van der Waals surface area contributed by atoms with Gasteiger partial charge in [-0.3, -0.25) is 9.69 Å². The molecule has 24 heavy (non-hydrogen) atoms. The standard InChI is InChI=1S/C19H28N2O3/c1-3-24-18-9-5-4-8-15(18)13-21-14-16(23-2)12-17(21)19(22)20-10-6-7-11-20/h4-5,8-9,16-17H,3,6-7,10-14H2,1-2H3/t16-,17-/m0/s1. The predicted octanol–water partition coefficient (Wildman–Crippen LogP) is 2.30. The quantitative estimate of drug-likeness (QED) is 0.802. The largest absolute Gasteiger partial charge is 0.494 e. The summed E-state index contributed by atoms with van der Waals surface area (Å²) in [6.07, 6.45) is 3.15. The Morgan fingerprint density at radius 1 is 1.25 bits per heavy atom. The molecule has 132 valence electrons. The second kappa shape index (κ2) is 7.99. The molecule has 1 aromatic rings. The van der Waals surface area contributed by atoms with E-state index in [1.807, 2.05) is 30.0 Å². The molecule has 2 fully saturated rings. The zero-order chi connectivity index (χ0) is 16.9. The molecule has 5 nitrogen and oxygen atoms in total. The minimum atomic E-state index is -0.0808. The van der Waals surface area contributed by atoms with Crippen LogP contribution in [-0.2, 0) is 16.1 Å². The minimum absolute atomic E-state index is 0.0808. The molecule has 5 heteroatoms. The number of carbonyl (C=O) groups excluding carboxylic acids is 1. The average molecular weight is 332 g/mol. The third-order valence-corrected chi connectivity index (χ3v) is 5.05. The number of amides is 1. The lowest BCUT2D eigenvalue weighted by molar-refractivity contribution is -0.135. The number of ether oxygens (including phenoxy) is 2. The van der Waals surface area contributed by atoms with E-state index >= 15 is 0 Å². The van der Waals surface area contributed by atoms with E-state index in [0.717, 1.165) is 56.8 Å². The van der Waals surface area contributed by atoms with Gasteiger partial charge in [-0.1, -0.05) is 18.2 Å². The SMILES string of the molecule is CCOc1ccccc1CN1C[C@@H](OC)C[C@H]1C(=O)N1CCCC1. The van der Waals surface area contributed by atoms with Crippen molar-refractivity contribution in [3.8, 4) is 5.75 Å². The Balaban J connectivity index is 1.75. The molecule has 2 aliphatic heterocycles. The Morgan fingerprint density at radius 3 is 2.71 bits per heavy atom. The molecular formula is C19H28N2O3. The number of rotatable bonds is 6. The van der Waals surface area contributed by atoms with E-state index in [-0.39, 0.29) is 18.1 Å². The summed E-state index contributed by atoms with van der Waals surface area (Å²) in [6.45, 7) is 5.95. The monoisotopic (exact) mass is 332 g/mol. The Hall–Kier alpha value is -1.59. The lowest BCUT2D eigenvalue weighted by Gasteiger charge is -2.27. The zero-order valence-corrected chi connectivity index (χ0v) is 14.7. The first kappa shape index (κ1) is 17.2. The molecule has 0 aromatic heterocycles. The fourth-order valence-corrected chi connectivity index (χ4v) is 3.76. The van der Waals surface area contributed by atoms with Crippen LogP contribution in [0.2, 0.25) is 0 Å². The van der Waals surface area contributed by atoms with Crippen molar-refractivity contribution in [2.75, 3.05) is 33.4 Å². The maximum atomic E-state index is 12.9. The summed E-state index contributed by atoms with van der Waals surface area (Å²) >= 11 is 0. The van der Waals surface area contributed by atoms with E-state index in [9.17, 15) is 4.79 Å². The fraction of sp³-hybridized carbons (Fsp3) is 0.632. The summed E-state index contributed by atoms with van der Waals surface area (Å²) in [5.41, 5.74) is 1.13. The van der Waals surface area contributed by atoms with Gasteiger partial charge in [-0.25, -0.2) is 0 Å². The first-order valence-corrected chi connectivity index (χ1v) is 8.99. The Labute approximate surface area is 144 Å². The second-order valence-corrected chi connectivity index (χ2v) is 6.61. The van der Waals surface area contributed by atoms with E-state index in [1.165, 1.54) is 0 Å². The highest BCUT2D eigenvalue weighted by molar-refractivity contribution is 5.82. The fourth-order valence-electron chi connectivity index (χ4n) is 3.76. The lowest BCUT2D eigenvalue weighted by atomic mass is 10.1. The van der Waals surface area contributed by atoms with Crippen molar-refractivity contribution in [3.05, 3.63) is 29.8 Å². The summed E-state index contributed by atoms with van der Waals surface area (Å²) in [6, 6.07) is 8.02. The highest BCUT2D eigenvalue weighted by atomic mass is 16.5. The number of nitrogens with zero attached hydrogens (tertiary/aromatic N) is 2. The molecule has 2 atom stereocenters. The molecule has 0 radical (unpaired) electrons. The third-order valence-electron chi connectivity index (χ3n) is 5.05. The van der Waals surface area contributed by atoms with Crippen LogP contribution in [0.25, 0.3) is 0 Å². The number of carbonyl (C=O) groups is 1. The van der Waals surface area contributed by atoms with Crippen molar-refractivity contribution in [2.24, 2.45) is 0 Å². The second-order valence-electron chi connectivity index (χ2n) is 6.61. The smallest absolute Gasteiger partial charge is 0.240 e. The van der Waals surface area contributed by atoms with Gasteiger partial charge in [0, 0.05) is 38.9 Å². The summed E-state index contributed by atoms with van der Waals surface area (Å²) in [4.78, 5) is 17.2. The molecule has 1 amide bonds. The summed E-state index contributed by atoms with van der Waals surface area (Å²) < 4.78 is 11.3. The molecule has 2 saturated heterocycles. The number of hydrogen-bond acceptors (Lipinski definition) is 4. The van der Waals surface area contributed by atoms with Crippen molar-refractivity contribution in [1.82, 2.24) is 9.80 Å². The molecule has 0 spiro atoms. The third kappa shape index (κ3) is 3.73. The Bertz CT molecular complexity index is 557. The van der Waals surface area contributed by atoms with Gasteiger partial charge < -0.3 is 14.4 Å². The van der Waals surface area contributed by atoms with Crippen LogP contribution in [0.15, 0.2) is 24.3 Å². The van der Waals surface area contributed by atoms with Gasteiger partial charge in [0.2, 0.25) is 5.91 Å². The van der Waals surface area contributed by atoms with Crippen molar-refractivity contribution in [1.29, 1.82) is 0 Å². The van der Waals surface area contributed by atoms with Crippen LogP contribution in [0, 0.1) is 0 Å². The number of benzene rings is 1. The van der Waals surface area contributed by atoms with Gasteiger partial charge in [0.1, 0.15) is 5.75 Å². The van der Waals surface area contributed by atoms with Crippen molar-refractivity contribution < 1.29 is 14.3 Å². The first-order chi connectivity index (χ1) is 11.7. The Kier molecular flexibility index (Phi) is 5.74. The lowest BCUT2D eigenvalue weighted by Crippen LogP contribution is -2.44. The van der Waals surface area contributed by atoms with E-state index in [0.29, 0.717) is 6.61 Å².